The molecule has 0 bridgehead atoms. The molecule has 274 valence electrons. The lowest BCUT2D eigenvalue weighted by atomic mass is 9.71. The molecule has 0 amide bonds. The third kappa shape index (κ3) is 4.32. The van der Waals surface area contributed by atoms with E-state index in [9.17, 15) is 0 Å². The molecule has 4 heterocycles. The summed E-state index contributed by atoms with van der Waals surface area (Å²) < 4.78 is 7.32. The van der Waals surface area contributed by atoms with Crippen molar-refractivity contribution < 1.29 is 0 Å². The van der Waals surface area contributed by atoms with Crippen LogP contribution in [0.25, 0.3) is 97.6 Å². The van der Waals surface area contributed by atoms with E-state index in [1.807, 2.05) is 6.07 Å². The van der Waals surface area contributed by atoms with Gasteiger partial charge in [-0.1, -0.05) is 150 Å². The highest BCUT2D eigenvalue weighted by molar-refractivity contribution is 7.26. The zero-order valence-electron chi connectivity index (χ0n) is 32.6. The molecule has 0 radical (unpaired) electrons. The molecule has 0 aliphatic heterocycles. The van der Waals surface area contributed by atoms with Crippen molar-refractivity contribution in [3.63, 3.8) is 0 Å². The maximum Gasteiger partial charge on any atom is 0.162 e. The number of hydrogen-bond acceptors (Lipinski definition) is 3. The molecule has 4 aromatic heterocycles. The summed E-state index contributed by atoms with van der Waals surface area (Å²) in [6.07, 6.45) is 0. The third-order valence-corrected chi connectivity index (χ3v) is 14.8. The van der Waals surface area contributed by atoms with Crippen molar-refractivity contribution in [2.45, 2.75) is 45.4 Å². The van der Waals surface area contributed by atoms with E-state index < -0.39 is 0 Å². The van der Waals surface area contributed by atoms with Gasteiger partial charge in [0, 0.05) is 42.6 Å². The number of benzene rings is 7. The smallest absolute Gasteiger partial charge is 0.162 e. The molecule has 0 saturated carbocycles. The Hall–Kier alpha value is -6.30. The van der Waals surface area contributed by atoms with Crippen molar-refractivity contribution in [2.75, 3.05) is 0 Å². The molecule has 0 spiro atoms. The lowest BCUT2D eigenvalue weighted by Crippen LogP contribution is -2.31. The summed E-state index contributed by atoms with van der Waals surface area (Å²) in [7, 11) is 0. The van der Waals surface area contributed by atoms with Gasteiger partial charge in [-0.3, -0.25) is 4.57 Å². The molecule has 0 N–H and O–H groups in total. The Morgan fingerprint density at radius 3 is 2.09 bits per heavy atom. The summed E-state index contributed by atoms with van der Waals surface area (Å²) in [5.74, 6) is 2.10. The standard InChI is InChI=1S/C52H40N4S/c1-30-51(2,3)39-22-15-24-41(45(39)52(30,4)5)55-42-29-43-37(28-38(42)35-27-26-31-16-9-10-19-33(31)47(35)55)34-20-11-13-23-40(34)56(43)50-48-46(36-21-12-14-25-44(36)57-48)53-49(54-50)32-17-7-6-8-18-32/h6-30H,1-5H3. The van der Waals surface area contributed by atoms with Gasteiger partial charge in [-0.2, -0.15) is 0 Å². The Labute approximate surface area is 334 Å². The fourth-order valence-corrected chi connectivity index (χ4v) is 11.6. The van der Waals surface area contributed by atoms with Crippen LogP contribution in [0.15, 0.2) is 146 Å². The van der Waals surface area contributed by atoms with E-state index in [0.717, 1.165) is 43.8 Å². The molecule has 1 aliphatic carbocycles. The highest BCUT2D eigenvalue weighted by Gasteiger charge is 2.50. The first kappa shape index (κ1) is 32.9. The molecular weight excluding hydrogens is 713 g/mol. The summed E-state index contributed by atoms with van der Waals surface area (Å²) in [6, 6.07) is 53.3. The number of fused-ring (bicyclic) bond motifs is 12. The average Bonchev–Trinajstić information content (AvgIpc) is 3.92. The van der Waals surface area contributed by atoms with E-state index in [0.29, 0.717) is 5.92 Å². The van der Waals surface area contributed by atoms with Gasteiger partial charge in [0.15, 0.2) is 11.6 Å². The highest BCUT2D eigenvalue weighted by atomic mass is 32.1. The van der Waals surface area contributed by atoms with Crippen LogP contribution in [0.2, 0.25) is 0 Å². The van der Waals surface area contributed by atoms with Crippen LogP contribution >= 0.6 is 11.3 Å². The van der Waals surface area contributed by atoms with E-state index in [4.69, 9.17) is 9.97 Å². The van der Waals surface area contributed by atoms with Gasteiger partial charge in [0.05, 0.1) is 38.0 Å². The topological polar surface area (TPSA) is 35.6 Å². The van der Waals surface area contributed by atoms with Crippen LogP contribution in [0, 0.1) is 5.92 Å². The molecule has 0 saturated heterocycles. The number of aromatic nitrogens is 4. The van der Waals surface area contributed by atoms with Crippen LogP contribution < -0.4 is 0 Å². The first-order valence-corrected chi connectivity index (χ1v) is 20.8. The van der Waals surface area contributed by atoms with Crippen LogP contribution in [-0.4, -0.2) is 19.1 Å². The monoisotopic (exact) mass is 752 g/mol. The Bertz CT molecular complexity index is 3490. The van der Waals surface area contributed by atoms with E-state index in [1.165, 1.54) is 64.9 Å². The van der Waals surface area contributed by atoms with Crippen molar-refractivity contribution in [3.8, 4) is 22.9 Å². The molecule has 5 heteroatoms. The Balaban J connectivity index is 1.27. The first-order valence-electron chi connectivity index (χ1n) is 20.0. The normalized spacial score (nSPS) is 16.3. The highest BCUT2D eigenvalue weighted by Crippen LogP contribution is 2.56. The minimum absolute atomic E-state index is 0.0362. The first-order chi connectivity index (χ1) is 27.7. The van der Waals surface area contributed by atoms with Crippen LogP contribution in [0.4, 0.5) is 0 Å². The predicted molar refractivity (Wildman–Crippen MR) is 242 cm³/mol. The molecular formula is C52H40N4S. The van der Waals surface area contributed by atoms with Crippen LogP contribution in [-0.2, 0) is 10.8 Å². The fraction of sp³-hybridized carbons (Fsp3) is 0.154. The minimum Gasteiger partial charge on any atom is -0.308 e. The summed E-state index contributed by atoms with van der Waals surface area (Å²) in [5.41, 5.74) is 10.9. The summed E-state index contributed by atoms with van der Waals surface area (Å²) in [5, 5.41) is 8.62. The van der Waals surface area contributed by atoms with Crippen molar-refractivity contribution in [2.24, 2.45) is 5.92 Å². The summed E-state index contributed by atoms with van der Waals surface area (Å²) in [4.78, 5) is 10.8. The summed E-state index contributed by atoms with van der Waals surface area (Å²) >= 11 is 1.78. The van der Waals surface area contributed by atoms with Crippen LogP contribution in [0.1, 0.15) is 45.7 Å². The van der Waals surface area contributed by atoms with Gasteiger partial charge in [0.25, 0.3) is 0 Å². The molecule has 4 nitrogen and oxygen atoms in total. The number of nitrogens with zero attached hydrogens (tertiary/aromatic N) is 4. The van der Waals surface area contributed by atoms with E-state index >= 15 is 0 Å². The molecule has 1 aliphatic rings. The Morgan fingerprint density at radius 1 is 0.544 bits per heavy atom. The van der Waals surface area contributed by atoms with Crippen molar-refractivity contribution in [3.05, 3.63) is 157 Å². The Kier molecular flexibility index (Phi) is 6.58. The zero-order chi connectivity index (χ0) is 38.4. The number of hydrogen-bond donors (Lipinski definition) is 0. The molecule has 1 atom stereocenters. The zero-order valence-corrected chi connectivity index (χ0v) is 33.4. The molecule has 7 aromatic carbocycles. The molecule has 12 rings (SSSR count). The fourth-order valence-electron chi connectivity index (χ4n) is 10.5. The third-order valence-electron chi connectivity index (χ3n) is 13.7. The van der Waals surface area contributed by atoms with Gasteiger partial charge < -0.3 is 4.57 Å². The van der Waals surface area contributed by atoms with Crippen LogP contribution in [0.3, 0.4) is 0 Å². The summed E-state index contributed by atoms with van der Waals surface area (Å²) in [6.45, 7) is 12.2. The lowest BCUT2D eigenvalue weighted by Gasteiger charge is -2.33. The van der Waals surface area contributed by atoms with Gasteiger partial charge >= 0.3 is 0 Å². The van der Waals surface area contributed by atoms with E-state index in [-0.39, 0.29) is 10.8 Å². The van der Waals surface area contributed by atoms with Crippen molar-refractivity contribution >= 4 is 86.0 Å². The molecule has 0 fully saturated rings. The second kappa shape index (κ2) is 11.4. The van der Waals surface area contributed by atoms with Crippen molar-refractivity contribution in [1.82, 2.24) is 19.1 Å². The average molecular weight is 753 g/mol. The minimum atomic E-state index is -0.0382. The van der Waals surface area contributed by atoms with Gasteiger partial charge in [-0.15, -0.1) is 11.3 Å². The predicted octanol–water partition coefficient (Wildman–Crippen LogP) is 14.1. The van der Waals surface area contributed by atoms with Gasteiger partial charge in [0.2, 0.25) is 0 Å². The van der Waals surface area contributed by atoms with Gasteiger partial charge in [-0.05, 0) is 63.6 Å². The SMILES string of the molecule is CC1C(C)(C)c2cccc(-n3c4cc5c(cc4c4ccc6ccccc6c43)c3ccccc3n5-c3nc(-c4ccccc4)nc4c3sc3ccccc34)c2C1(C)C. The maximum atomic E-state index is 5.50. The molecule has 57 heavy (non-hydrogen) atoms. The van der Waals surface area contributed by atoms with E-state index in [2.05, 4.69) is 183 Å². The van der Waals surface area contributed by atoms with Gasteiger partial charge in [-0.25, -0.2) is 9.97 Å². The molecule has 1 unspecified atom stereocenters. The molecule has 11 aromatic rings. The number of para-hydroxylation sites is 1. The van der Waals surface area contributed by atoms with Crippen LogP contribution in [0.5, 0.6) is 0 Å². The second-order valence-corrected chi connectivity index (χ2v) is 18.2. The lowest BCUT2D eigenvalue weighted by molar-refractivity contribution is 0.264. The largest absolute Gasteiger partial charge is 0.308 e. The van der Waals surface area contributed by atoms with E-state index in [1.54, 1.807) is 11.3 Å². The quantitative estimate of drug-likeness (QED) is 0.180. The number of thiophene rings is 1. The number of rotatable bonds is 3. The maximum absolute atomic E-state index is 5.50. The van der Waals surface area contributed by atoms with Crippen molar-refractivity contribution in [1.29, 1.82) is 0 Å². The second-order valence-electron chi connectivity index (χ2n) is 17.1. The van der Waals surface area contributed by atoms with Gasteiger partial charge in [0.1, 0.15) is 0 Å². The Morgan fingerprint density at radius 2 is 1.25 bits per heavy atom.